The monoisotopic (exact) mass is 372 g/mol. The van der Waals surface area contributed by atoms with Gasteiger partial charge in [0.25, 0.3) is 5.91 Å². The van der Waals surface area contributed by atoms with Crippen LogP contribution in [0.15, 0.2) is 53.0 Å². The number of nitrogens with zero attached hydrogens (tertiary/aromatic N) is 1. The number of amides is 1. The highest BCUT2D eigenvalue weighted by molar-refractivity contribution is 9.10. The molecule has 2 rings (SSSR count). The number of nitrogens with one attached hydrogen (secondary N) is 2. The van der Waals surface area contributed by atoms with E-state index in [2.05, 4.69) is 33.4 Å². The van der Waals surface area contributed by atoms with Crippen LogP contribution in [0.1, 0.15) is 18.1 Å². The van der Waals surface area contributed by atoms with Gasteiger partial charge in [-0.15, -0.1) is 0 Å². The van der Waals surface area contributed by atoms with E-state index >= 15 is 0 Å². The van der Waals surface area contributed by atoms with Gasteiger partial charge in [0.2, 0.25) is 0 Å². The third kappa shape index (κ3) is 4.65. The fraction of sp³-hybridized carbons (Fsp3) is 0.222. The minimum Gasteiger partial charge on any atom is -0.324 e. The minimum absolute atomic E-state index is 0.0651. The van der Waals surface area contributed by atoms with Gasteiger partial charge in [0.05, 0.1) is 18.7 Å². The lowest BCUT2D eigenvalue weighted by Gasteiger charge is -2.21. The average molecular weight is 373 g/mol. The standard InChI is InChI=1S/C18H18BrN3O/c1-13(22(2)12-15-7-3-4-9-17(15)19)18(23)21-16-8-5-6-14(10-16)11-20/h3-10,13H,12H2,1-2H3,(H,21,23)/p+1/t13-/m1/s1. The molecule has 0 aliphatic carbocycles. The number of hydrogen-bond acceptors (Lipinski definition) is 2. The van der Waals surface area contributed by atoms with Crippen molar-refractivity contribution < 1.29 is 9.69 Å². The highest BCUT2D eigenvalue weighted by Crippen LogP contribution is 2.14. The third-order valence-corrected chi connectivity index (χ3v) is 4.59. The fourth-order valence-electron chi connectivity index (χ4n) is 2.24. The van der Waals surface area contributed by atoms with Crippen molar-refractivity contribution in [1.82, 2.24) is 0 Å². The molecule has 0 saturated carbocycles. The smallest absolute Gasteiger partial charge is 0.282 e. The molecule has 2 aromatic carbocycles. The number of halogens is 1. The zero-order chi connectivity index (χ0) is 16.8. The van der Waals surface area contributed by atoms with E-state index in [9.17, 15) is 4.79 Å². The van der Waals surface area contributed by atoms with Crippen LogP contribution in [-0.4, -0.2) is 19.0 Å². The Morgan fingerprint density at radius 3 is 2.74 bits per heavy atom. The Morgan fingerprint density at radius 1 is 1.30 bits per heavy atom. The van der Waals surface area contributed by atoms with Crippen LogP contribution in [0.2, 0.25) is 0 Å². The van der Waals surface area contributed by atoms with Crippen LogP contribution in [0.5, 0.6) is 0 Å². The van der Waals surface area contributed by atoms with Gasteiger partial charge in [-0.25, -0.2) is 0 Å². The highest BCUT2D eigenvalue weighted by Gasteiger charge is 2.22. The molecule has 0 radical (unpaired) electrons. The number of nitriles is 1. The summed E-state index contributed by atoms with van der Waals surface area (Å²) < 4.78 is 1.05. The highest BCUT2D eigenvalue weighted by atomic mass is 79.9. The minimum atomic E-state index is -0.215. The lowest BCUT2D eigenvalue weighted by atomic mass is 10.1. The molecule has 4 nitrogen and oxygen atoms in total. The third-order valence-electron chi connectivity index (χ3n) is 3.82. The SMILES string of the molecule is C[C@H](C(=O)Nc1cccc(C#N)c1)[NH+](C)Cc1ccccc1Br. The van der Waals surface area contributed by atoms with E-state index in [0.717, 1.165) is 21.5 Å². The zero-order valence-corrected chi connectivity index (χ0v) is 14.7. The maximum Gasteiger partial charge on any atom is 0.282 e. The van der Waals surface area contributed by atoms with Gasteiger partial charge in [0.1, 0.15) is 6.54 Å². The fourth-order valence-corrected chi connectivity index (χ4v) is 2.66. The van der Waals surface area contributed by atoms with Gasteiger partial charge in [0.15, 0.2) is 6.04 Å². The summed E-state index contributed by atoms with van der Waals surface area (Å²) >= 11 is 3.54. The van der Waals surface area contributed by atoms with E-state index in [1.165, 1.54) is 0 Å². The second kappa shape index (κ2) is 7.91. The number of likely N-dealkylation sites (N-methyl/N-ethyl adjacent to an activating group) is 1. The van der Waals surface area contributed by atoms with Crippen molar-refractivity contribution in [3.63, 3.8) is 0 Å². The molecule has 118 valence electrons. The van der Waals surface area contributed by atoms with Crippen LogP contribution in [0.4, 0.5) is 5.69 Å². The quantitative estimate of drug-likeness (QED) is 0.846. The molecule has 0 heterocycles. The Balaban J connectivity index is 2.01. The topological polar surface area (TPSA) is 57.3 Å². The Labute approximate surface area is 144 Å². The predicted molar refractivity (Wildman–Crippen MR) is 94.0 cm³/mol. The molecule has 1 unspecified atom stereocenters. The Kier molecular flexibility index (Phi) is 5.91. The van der Waals surface area contributed by atoms with Crippen LogP contribution in [0.3, 0.4) is 0 Å². The summed E-state index contributed by atoms with van der Waals surface area (Å²) in [5.74, 6) is -0.0651. The predicted octanol–water partition coefficient (Wildman–Crippen LogP) is 2.36. The van der Waals surface area contributed by atoms with Crippen molar-refractivity contribution in [3.05, 3.63) is 64.1 Å². The maximum atomic E-state index is 12.4. The molecule has 0 saturated heterocycles. The lowest BCUT2D eigenvalue weighted by molar-refractivity contribution is -0.907. The number of hydrogen-bond donors (Lipinski definition) is 2. The van der Waals surface area contributed by atoms with Crippen molar-refractivity contribution in [3.8, 4) is 6.07 Å². The molecule has 1 amide bonds. The van der Waals surface area contributed by atoms with Gasteiger partial charge in [0, 0.05) is 15.7 Å². The lowest BCUT2D eigenvalue weighted by Crippen LogP contribution is -3.12. The zero-order valence-electron chi connectivity index (χ0n) is 13.1. The average Bonchev–Trinajstić information content (AvgIpc) is 2.56. The molecule has 0 fully saturated rings. The van der Waals surface area contributed by atoms with E-state index in [1.807, 2.05) is 32.2 Å². The second-order valence-corrected chi connectivity index (χ2v) is 6.37. The normalized spacial score (nSPS) is 13.0. The van der Waals surface area contributed by atoms with Crippen LogP contribution in [-0.2, 0) is 11.3 Å². The molecule has 23 heavy (non-hydrogen) atoms. The van der Waals surface area contributed by atoms with Crippen molar-refractivity contribution in [2.24, 2.45) is 0 Å². The summed E-state index contributed by atoms with van der Waals surface area (Å²) in [5, 5.41) is 11.8. The first kappa shape index (κ1) is 17.2. The van der Waals surface area contributed by atoms with Gasteiger partial charge in [-0.3, -0.25) is 4.79 Å². The molecule has 0 aliphatic rings. The van der Waals surface area contributed by atoms with E-state index < -0.39 is 0 Å². The van der Waals surface area contributed by atoms with E-state index in [4.69, 9.17) is 5.26 Å². The largest absolute Gasteiger partial charge is 0.324 e. The van der Waals surface area contributed by atoms with Gasteiger partial charge in [-0.1, -0.05) is 40.2 Å². The van der Waals surface area contributed by atoms with Crippen molar-refractivity contribution >= 4 is 27.5 Å². The number of rotatable bonds is 5. The summed E-state index contributed by atoms with van der Waals surface area (Å²) in [5.41, 5.74) is 2.34. The summed E-state index contributed by atoms with van der Waals surface area (Å²) in [6.45, 7) is 2.64. The molecule has 0 aliphatic heterocycles. The first-order valence-electron chi connectivity index (χ1n) is 7.38. The molecular weight excluding hydrogens is 354 g/mol. The molecule has 2 N–H and O–H groups in total. The first-order valence-corrected chi connectivity index (χ1v) is 8.17. The number of carbonyl (C=O) groups is 1. The number of anilines is 1. The molecule has 2 atom stereocenters. The molecular formula is C18H19BrN3O+. The number of carbonyl (C=O) groups excluding carboxylic acids is 1. The summed E-state index contributed by atoms with van der Waals surface area (Å²) in [6, 6.07) is 16.8. The van der Waals surface area contributed by atoms with Crippen LogP contribution >= 0.6 is 15.9 Å². The number of quaternary nitrogens is 1. The maximum absolute atomic E-state index is 12.4. The summed E-state index contributed by atoms with van der Waals surface area (Å²) in [7, 11) is 2.00. The molecule has 2 aromatic rings. The molecule has 5 heteroatoms. The number of benzene rings is 2. The van der Waals surface area contributed by atoms with Gasteiger partial charge < -0.3 is 10.2 Å². The van der Waals surface area contributed by atoms with Crippen molar-refractivity contribution in [2.45, 2.75) is 19.5 Å². The summed E-state index contributed by atoms with van der Waals surface area (Å²) in [4.78, 5) is 13.5. The van der Waals surface area contributed by atoms with Crippen molar-refractivity contribution in [1.29, 1.82) is 5.26 Å². The summed E-state index contributed by atoms with van der Waals surface area (Å²) in [6.07, 6.45) is 0. The molecule has 0 spiro atoms. The van der Waals surface area contributed by atoms with Crippen LogP contribution in [0.25, 0.3) is 0 Å². The van der Waals surface area contributed by atoms with Gasteiger partial charge >= 0.3 is 0 Å². The van der Waals surface area contributed by atoms with E-state index in [0.29, 0.717) is 11.3 Å². The first-order chi connectivity index (χ1) is 11.0. The van der Waals surface area contributed by atoms with Gasteiger partial charge in [-0.2, -0.15) is 5.26 Å². The van der Waals surface area contributed by atoms with Crippen LogP contribution < -0.4 is 10.2 Å². The van der Waals surface area contributed by atoms with Gasteiger partial charge in [-0.05, 0) is 31.2 Å². The Morgan fingerprint density at radius 2 is 2.04 bits per heavy atom. The molecule has 0 bridgehead atoms. The van der Waals surface area contributed by atoms with E-state index in [-0.39, 0.29) is 11.9 Å². The molecule has 0 aromatic heterocycles. The Hall–Kier alpha value is -2.16. The van der Waals surface area contributed by atoms with Crippen LogP contribution in [0, 0.1) is 11.3 Å². The Bertz CT molecular complexity index is 739. The van der Waals surface area contributed by atoms with Crippen molar-refractivity contribution in [2.75, 3.05) is 12.4 Å². The second-order valence-electron chi connectivity index (χ2n) is 5.52. The van der Waals surface area contributed by atoms with E-state index in [1.54, 1.807) is 24.3 Å².